The van der Waals surface area contributed by atoms with Gasteiger partial charge in [-0.2, -0.15) is 0 Å². The first-order valence-electron chi connectivity index (χ1n) is 8.31. The molecule has 3 heteroatoms. The molecule has 1 N–H and O–H groups in total. The van der Waals surface area contributed by atoms with Crippen LogP contribution in [0.5, 0.6) is 0 Å². The maximum atomic E-state index is 13.8. The zero-order valence-electron chi connectivity index (χ0n) is 12.5. The van der Waals surface area contributed by atoms with Crippen molar-refractivity contribution in [2.75, 3.05) is 37.6 Å². The fourth-order valence-electron chi connectivity index (χ4n) is 4.48. The number of anilines is 1. The lowest BCUT2D eigenvalue weighted by Crippen LogP contribution is -3.15. The van der Waals surface area contributed by atoms with E-state index in [1.54, 1.807) is 17.0 Å². The number of hydrogen-bond donors (Lipinski definition) is 1. The molecule has 3 aliphatic rings. The second kappa shape index (κ2) is 5.45. The summed E-state index contributed by atoms with van der Waals surface area (Å²) in [6.07, 6.45) is 7.68. The zero-order chi connectivity index (χ0) is 14.2. The Hall–Kier alpha value is -1.35. The van der Waals surface area contributed by atoms with Crippen LogP contribution in [0, 0.1) is 23.6 Å². The molecule has 0 aromatic heterocycles. The minimum atomic E-state index is -0.0841. The molecule has 3 atom stereocenters. The first-order chi connectivity index (χ1) is 10.3. The zero-order valence-corrected chi connectivity index (χ0v) is 12.5. The lowest BCUT2D eigenvalue weighted by Gasteiger charge is -2.35. The Balaban J connectivity index is 1.33. The maximum absolute atomic E-state index is 13.8. The van der Waals surface area contributed by atoms with E-state index in [0.29, 0.717) is 0 Å². The SMILES string of the molecule is Fc1ccccc1N1CC[NH+](C[C@H]2C[C@@H]3C=C[C@@H]2C3)CC1. The van der Waals surface area contributed by atoms with Crippen LogP contribution in [0.15, 0.2) is 36.4 Å². The van der Waals surface area contributed by atoms with Crippen molar-refractivity contribution in [3.05, 3.63) is 42.2 Å². The van der Waals surface area contributed by atoms with Gasteiger partial charge < -0.3 is 9.80 Å². The molecule has 2 fully saturated rings. The van der Waals surface area contributed by atoms with E-state index in [1.165, 1.54) is 19.4 Å². The second-order valence-electron chi connectivity index (χ2n) is 6.93. The molecule has 0 radical (unpaired) electrons. The van der Waals surface area contributed by atoms with Crippen molar-refractivity contribution >= 4 is 5.69 Å². The Morgan fingerprint density at radius 3 is 2.57 bits per heavy atom. The van der Waals surface area contributed by atoms with E-state index in [2.05, 4.69) is 17.1 Å². The maximum Gasteiger partial charge on any atom is 0.146 e. The predicted octanol–water partition coefficient (Wildman–Crippen LogP) is 1.74. The van der Waals surface area contributed by atoms with Crippen LogP contribution in [0.25, 0.3) is 0 Å². The normalized spacial score (nSPS) is 32.0. The summed E-state index contributed by atoms with van der Waals surface area (Å²) in [6, 6.07) is 7.17. The quantitative estimate of drug-likeness (QED) is 0.832. The van der Waals surface area contributed by atoms with Gasteiger partial charge in [0.25, 0.3) is 0 Å². The van der Waals surface area contributed by atoms with Gasteiger partial charge in [-0.3, -0.25) is 0 Å². The Labute approximate surface area is 126 Å². The van der Waals surface area contributed by atoms with Gasteiger partial charge in [-0.15, -0.1) is 0 Å². The molecule has 2 bridgehead atoms. The number of allylic oxidation sites excluding steroid dienone is 2. The van der Waals surface area contributed by atoms with Crippen LogP contribution >= 0.6 is 0 Å². The van der Waals surface area contributed by atoms with E-state index < -0.39 is 0 Å². The molecule has 2 nitrogen and oxygen atoms in total. The van der Waals surface area contributed by atoms with Crippen LogP contribution in [0.2, 0.25) is 0 Å². The molecule has 4 rings (SSSR count). The molecule has 1 heterocycles. The average molecular weight is 287 g/mol. The van der Waals surface area contributed by atoms with Gasteiger partial charge in [0, 0.05) is 5.92 Å². The van der Waals surface area contributed by atoms with Crippen molar-refractivity contribution in [3.8, 4) is 0 Å². The molecule has 112 valence electrons. The van der Waals surface area contributed by atoms with Crippen LogP contribution in [-0.2, 0) is 0 Å². The molecule has 1 aliphatic heterocycles. The van der Waals surface area contributed by atoms with Gasteiger partial charge in [-0.05, 0) is 36.8 Å². The van der Waals surface area contributed by atoms with Crippen molar-refractivity contribution in [2.24, 2.45) is 17.8 Å². The highest BCUT2D eigenvalue weighted by Gasteiger charge is 2.38. The predicted molar refractivity (Wildman–Crippen MR) is 83.0 cm³/mol. The molecule has 1 aromatic carbocycles. The lowest BCUT2D eigenvalue weighted by atomic mass is 9.93. The number of quaternary nitrogens is 1. The number of rotatable bonds is 3. The topological polar surface area (TPSA) is 7.68 Å². The third-order valence-electron chi connectivity index (χ3n) is 5.63. The molecular weight excluding hydrogens is 263 g/mol. The van der Waals surface area contributed by atoms with Crippen LogP contribution in [0.4, 0.5) is 10.1 Å². The van der Waals surface area contributed by atoms with Crippen LogP contribution in [0.1, 0.15) is 12.8 Å². The van der Waals surface area contributed by atoms with E-state index in [0.717, 1.165) is 49.6 Å². The average Bonchev–Trinajstić information content (AvgIpc) is 3.11. The van der Waals surface area contributed by atoms with E-state index in [1.807, 2.05) is 12.1 Å². The number of nitrogens with zero attached hydrogens (tertiary/aromatic N) is 1. The molecule has 0 unspecified atom stereocenters. The van der Waals surface area contributed by atoms with E-state index >= 15 is 0 Å². The summed E-state index contributed by atoms with van der Waals surface area (Å²) in [4.78, 5) is 3.92. The van der Waals surface area contributed by atoms with Crippen molar-refractivity contribution in [2.45, 2.75) is 12.8 Å². The summed E-state index contributed by atoms with van der Waals surface area (Å²) in [5.41, 5.74) is 0.777. The van der Waals surface area contributed by atoms with E-state index in [9.17, 15) is 4.39 Å². The Morgan fingerprint density at radius 2 is 1.90 bits per heavy atom. The van der Waals surface area contributed by atoms with Crippen molar-refractivity contribution in [3.63, 3.8) is 0 Å². The summed E-state index contributed by atoms with van der Waals surface area (Å²) < 4.78 is 13.8. The Morgan fingerprint density at radius 1 is 1.10 bits per heavy atom. The van der Waals surface area contributed by atoms with Crippen LogP contribution in [-0.4, -0.2) is 32.7 Å². The fourth-order valence-corrected chi connectivity index (χ4v) is 4.48. The summed E-state index contributed by atoms with van der Waals surface area (Å²) >= 11 is 0. The highest BCUT2D eigenvalue weighted by molar-refractivity contribution is 5.47. The number of nitrogens with one attached hydrogen (secondary N) is 1. The summed E-state index contributed by atoms with van der Waals surface area (Å²) in [6.45, 7) is 5.56. The van der Waals surface area contributed by atoms with Gasteiger partial charge in [0.15, 0.2) is 0 Å². The molecule has 0 spiro atoms. The van der Waals surface area contributed by atoms with E-state index in [4.69, 9.17) is 0 Å². The third-order valence-corrected chi connectivity index (χ3v) is 5.63. The molecule has 0 amide bonds. The van der Waals surface area contributed by atoms with Crippen LogP contribution < -0.4 is 9.80 Å². The van der Waals surface area contributed by atoms with Crippen molar-refractivity contribution < 1.29 is 9.29 Å². The minimum absolute atomic E-state index is 0.0841. The Kier molecular flexibility index (Phi) is 3.46. The van der Waals surface area contributed by atoms with Gasteiger partial charge in [0.1, 0.15) is 5.82 Å². The summed E-state index contributed by atoms with van der Waals surface area (Å²) in [5, 5.41) is 0. The van der Waals surface area contributed by atoms with Gasteiger partial charge in [-0.25, -0.2) is 4.39 Å². The standard InChI is InChI=1S/C18H23FN2/c19-17-3-1-2-4-18(17)21-9-7-20(8-10-21)13-16-12-14-5-6-15(16)11-14/h1-6,14-16H,7-13H2/p+1/t14-,15-,16-/m1/s1. The van der Waals surface area contributed by atoms with E-state index in [-0.39, 0.29) is 5.82 Å². The fraction of sp³-hybridized carbons (Fsp3) is 0.556. The molecule has 1 saturated carbocycles. The smallest absolute Gasteiger partial charge is 0.146 e. The molecule has 21 heavy (non-hydrogen) atoms. The highest BCUT2D eigenvalue weighted by atomic mass is 19.1. The molecule has 2 aliphatic carbocycles. The number of fused-ring (bicyclic) bond motifs is 2. The van der Waals surface area contributed by atoms with Crippen molar-refractivity contribution in [1.29, 1.82) is 0 Å². The van der Waals surface area contributed by atoms with Gasteiger partial charge in [0.2, 0.25) is 0 Å². The van der Waals surface area contributed by atoms with Crippen LogP contribution in [0.3, 0.4) is 0 Å². The largest absolute Gasteiger partial charge is 0.358 e. The number of hydrogen-bond acceptors (Lipinski definition) is 1. The number of para-hydroxylation sites is 1. The molecule has 1 saturated heterocycles. The van der Waals surface area contributed by atoms with Gasteiger partial charge in [-0.1, -0.05) is 24.3 Å². The lowest BCUT2D eigenvalue weighted by molar-refractivity contribution is -0.904. The highest BCUT2D eigenvalue weighted by Crippen LogP contribution is 2.42. The second-order valence-corrected chi connectivity index (χ2v) is 6.93. The summed E-state index contributed by atoms with van der Waals surface area (Å²) in [7, 11) is 0. The molecule has 1 aromatic rings. The minimum Gasteiger partial charge on any atom is -0.358 e. The number of halogens is 1. The number of benzene rings is 1. The first kappa shape index (κ1) is 13.3. The Bertz CT molecular complexity index is 534. The van der Waals surface area contributed by atoms with Gasteiger partial charge in [0.05, 0.1) is 38.4 Å². The molecular formula is C18H24FN2+. The summed E-state index contributed by atoms with van der Waals surface area (Å²) in [5.74, 6) is 2.54. The monoisotopic (exact) mass is 287 g/mol. The third kappa shape index (κ3) is 2.59. The van der Waals surface area contributed by atoms with Gasteiger partial charge >= 0.3 is 0 Å². The number of piperazine rings is 1. The first-order valence-corrected chi connectivity index (χ1v) is 8.31. The van der Waals surface area contributed by atoms with Crippen molar-refractivity contribution in [1.82, 2.24) is 0 Å².